The molecular formula is C15H20ClN3O3. The summed E-state index contributed by atoms with van der Waals surface area (Å²) >= 11 is 0. The first-order valence-corrected chi connectivity index (χ1v) is 7.39. The molecule has 0 spiro atoms. The molecule has 6 nitrogen and oxygen atoms in total. The SMILES string of the molecule is Cl.O=C(Cc1ccccc1[N+](=O)[O-])N1CCC2CCC(C1)N2. The van der Waals surface area contributed by atoms with Crippen molar-refractivity contribution in [3.63, 3.8) is 0 Å². The molecule has 0 saturated carbocycles. The van der Waals surface area contributed by atoms with E-state index >= 15 is 0 Å². The lowest BCUT2D eigenvalue weighted by Crippen LogP contribution is -2.39. The average Bonchev–Trinajstić information content (AvgIpc) is 2.78. The third-order valence-electron chi connectivity index (χ3n) is 4.41. The fourth-order valence-electron chi connectivity index (χ4n) is 3.28. The van der Waals surface area contributed by atoms with E-state index in [0.717, 1.165) is 25.9 Å². The van der Waals surface area contributed by atoms with Crippen LogP contribution in [0.3, 0.4) is 0 Å². The highest BCUT2D eigenvalue weighted by molar-refractivity contribution is 5.85. The molecular weight excluding hydrogens is 306 g/mol. The molecule has 2 heterocycles. The summed E-state index contributed by atoms with van der Waals surface area (Å²) in [5.74, 6) is -0.0151. The molecule has 2 saturated heterocycles. The van der Waals surface area contributed by atoms with Crippen molar-refractivity contribution in [3.05, 3.63) is 39.9 Å². The van der Waals surface area contributed by atoms with Gasteiger partial charge in [0.1, 0.15) is 0 Å². The first-order valence-electron chi connectivity index (χ1n) is 7.39. The summed E-state index contributed by atoms with van der Waals surface area (Å²) in [6.45, 7) is 1.46. The molecule has 22 heavy (non-hydrogen) atoms. The van der Waals surface area contributed by atoms with Crippen LogP contribution in [0.15, 0.2) is 24.3 Å². The zero-order valence-electron chi connectivity index (χ0n) is 12.2. The average molecular weight is 326 g/mol. The van der Waals surface area contributed by atoms with Crippen LogP contribution in [0.2, 0.25) is 0 Å². The van der Waals surface area contributed by atoms with Crippen molar-refractivity contribution in [1.82, 2.24) is 10.2 Å². The molecule has 3 rings (SSSR count). The minimum Gasteiger partial charge on any atom is -0.341 e. The van der Waals surface area contributed by atoms with E-state index in [0.29, 0.717) is 17.6 Å². The van der Waals surface area contributed by atoms with E-state index in [9.17, 15) is 14.9 Å². The van der Waals surface area contributed by atoms with Gasteiger partial charge in [0.15, 0.2) is 0 Å². The topological polar surface area (TPSA) is 75.5 Å². The van der Waals surface area contributed by atoms with Gasteiger partial charge in [-0.05, 0) is 19.3 Å². The van der Waals surface area contributed by atoms with E-state index in [-0.39, 0.29) is 30.4 Å². The molecule has 2 aliphatic heterocycles. The fourth-order valence-corrected chi connectivity index (χ4v) is 3.28. The Morgan fingerprint density at radius 2 is 2.00 bits per heavy atom. The number of para-hydroxylation sites is 1. The molecule has 2 unspecified atom stereocenters. The minimum atomic E-state index is -0.422. The number of nitrogens with one attached hydrogen (secondary N) is 1. The summed E-state index contributed by atoms with van der Waals surface area (Å²) in [5, 5.41) is 14.5. The first kappa shape index (κ1) is 16.7. The number of carbonyl (C=O) groups is 1. The Bertz CT molecular complexity index is 567. The highest BCUT2D eigenvalue weighted by Gasteiger charge is 2.31. The van der Waals surface area contributed by atoms with Gasteiger partial charge >= 0.3 is 0 Å². The van der Waals surface area contributed by atoms with Gasteiger partial charge in [0.2, 0.25) is 5.91 Å². The highest BCUT2D eigenvalue weighted by atomic mass is 35.5. The third-order valence-corrected chi connectivity index (χ3v) is 4.41. The molecule has 0 aliphatic carbocycles. The molecule has 2 atom stereocenters. The van der Waals surface area contributed by atoms with Crippen molar-refractivity contribution < 1.29 is 9.72 Å². The third kappa shape index (κ3) is 3.56. The second-order valence-electron chi connectivity index (χ2n) is 5.83. The van der Waals surface area contributed by atoms with E-state index in [1.165, 1.54) is 12.5 Å². The number of carbonyl (C=O) groups excluding carboxylic acids is 1. The number of hydrogen-bond acceptors (Lipinski definition) is 4. The highest BCUT2D eigenvalue weighted by Crippen LogP contribution is 2.22. The maximum absolute atomic E-state index is 12.4. The van der Waals surface area contributed by atoms with Gasteiger partial charge in [-0.25, -0.2) is 0 Å². The maximum atomic E-state index is 12.4. The van der Waals surface area contributed by atoms with Crippen LogP contribution in [0.5, 0.6) is 0 Å². The van der Waals surface area contributed by atoms with Gasteiger partial charge in [0.05, 0.1) is 11.3 Å². The number of nitrogens with zero attached hydrogens (tertiary/aromatic N) is 2. The van der Waals surface area contributed by atoms with Crippen LogP contribution in [0.25, 0.3) is 0 Å². The zero-order valence-corrected chi connectivity index (χ0v) is 13.1. The Labute approximate surface area is 135 Å². The van der Waals surface area contributed by atoms with Gasteiger partial charge < -0.3 is 10.2 Å². The summed E-state index contributed by atoms with van der Waals surface area (Å²) in [4.78, 5) is 24.9. The predicted molar refractivity (Wildman–Crippen MR) is 85.2 cm³/mol. The summed E-state index contributed by atoms with van der Waals surface area (Å²) < 4.78 is 0. The molecule has 1 aromatic rings. The standard InChI is InChI=1S/C15H19N3O3.ClH/c19-15(9-11-3-1-2-4-14(11)18(20)21)17-8-7-12-5-6-13(10-17)16-12;/h1-4,12-13,16H,5-10H2;1H. The number of hydrogen-bond donors (Lipinski definition) is 1. The van der Waals surface area contributed by atoms with Crippen molar-refractivity contribution in [2.75, 3.05) is 13.1 Å². The zero-order chi connectivity index (χ0) is 14.8. The lowest BCUT2D eigenvalue weighted by Gasteiger charge is -2.24. The minimum absolute atomic E-state index is 0. The smallest absolute Gasteiger partial charge is 0.273 e. The second kappa shape index (κ2) is 7.07. The molecule has 2 fully saturated rings. The van der Waals surface area contributed by atoms with Crippen molar-refractivity contribution in [2.45, 2.75) is 37.8 Å². The quantitative estimate of drug-likeness (QED) is 0.680. The van der Waals surface area contributed by atoms with E-state index in [1.54, 1.807) is 18.2 Å². The van der Waals surface area contributed by atoms with Crippen molar-refractivity contribution >= 4 is 24.0 Å². The van der Waals surface area contributed by atoms with Crippen LogP contribution in [0, 0.1) is 10.1 Å². The number of halogens is 1. The number of benzene rings is 1. The van der Waals surface area contributed by atoms with Crippen molar-refractivity contribution in [1.29, 1.82) is 0 Å². The molecule has 1 amide bonds. The summed E-state index contributed by atoms with van der Waals surface area (Å²) in [6, 6.07) is 7.39. The largest absolute Gasteiger partial charge is 0.341 e. The molecule has 1 N–H and O–H groups in total. The van der Waals surface area contributed by atoms with Gasteiger partial charge in [-0.15, -0.1) is 12.4 Å². The number of nitro groups is 1. The number of nitro benzene ring substituents is 1. The number of fused-ring (bicyclic) bond motifs is 2. The number of likely N-dealkylation sites (tertiary alicyclic amines) is 1. The van der Waals surface area contributed by atoms with Crippen LogP contribution in [0.1, 0.15) is 24.8 Å². The Morgan fingerprint density at radius 1 is 1.27 bits per heavy atom. The molecule has 2 aliphatic rings. The monoisotopic (exact) mass is 325 g/mol. The van der Waals surface area contributed by atoms with Crippen molar-refractivity contribution in [3.8, 4) is 0 Å². The van der Waals surface area contributed by atoms with Gasteiger partial charge in [0, 0.05) is 36.8 Å². The summed E-state index contributed by atoms with van der Waals surface area (Å²) in [7, 11) is 0. The number of amides is 1. The molecule has 0 aromatic heterocycles. The molecule has 1 aromatic carbocycles. The van der Waals surface area contributed by atoms with Gasteiger partial charge in [0.25, 0.3) is 5.69 Å². The Balaban J connectivity index is 0.00000176. The fraction of sp³-hybridized carbons (Fsp3) is 0.533. The van der Waals surface area contributed by atoms with Crippen molar-refractivity contribution in [2.24, 2.45) is 0 Å². The van der Waals surface area contributed by atoms with Gasteiger partial charge in [-0.3, -0.25) is 14.9 Å². The van der Waals surface area contributed by atoms with Gasteiger partial charge in [-0.2, -0.15) is 0 Å². The van der Waals surface area contributed by atoms with Crippen LogP contribution in [-0.2, 0) is 11.2 Å². The second-order valence-corrected chi connectivity index (χ2v) is 5.83. The molecule has 2 bridgehead atoms. The van der Waals surface area contributed by atoms with Crippen LogP contribution in [-0.4, -0.2) is 40.9 Å². The van der Waals surface area contributed by atoms with Crippen LogP contribution >= 0.6 is 12.4 Å². The van der Waals surface area contributed by atoms with E-state index in [2.05, 4.69) is 5.32 Å². The Kier molecular flexibility index (Phi) is 5.37. The van der Waals surface area contributed by atoms with Crippen LogP contribution < -0.4 is 5.32 Å². The van der Waals surface area contributed by atoms with Gasteiger partial charge in [-0.1, -0.05) is 18.2 Å². The Morgan fingerprint density at radius 3 is 2.77 bits per heavy atom. The normalized spacial score (nSPS) is 23.5. The van der Waals surface area contributed by atoms with E-state index in [4.69, 9.17) is 0 Å². The van der Waals surface area contributed by atoms with E-state index < -0.39 is 4.92 Å². The van der Waals surface area contributed by atoms with Crippen LogP contribution in [0.4, 0.5) is 5.69 Å². The molecule has 0 radical (unpaired) electrons. The Hall–Kier alpha value is -1.66. The lowest BCUT2D eigenvalue weighted by atomic mass is 10.1. The van der Waals surface area contributed by atoms with E-state index in [1.807, 2.05) is 4.90 Å². The number of rotatable bonds is 3. The lowest BCUT2D eigenvalue weighted by molar-refractivity contribution is -0.385. The molecule has 120 valence electrons. The summed E-state index contributed by atoms with van der Waals surface area (Å²) in [5.41, 5.74) is 0.523. The maximum Gasteiger partial charge on any atom is 0.273 e. The summed E-state index contributed by atoms with van der Waals surface area (Å²) in [6.07, 6.45) is 3.38. The predicted octanol–water partition coefficient (Wildman–Crippen LogP) is 1.91. The molecule has 7 heteroatoms. The first-order chi connectivity index (χ1) is 10.1.